The quantitative estimate of drug-likeness (QED) is 0.233. The molecule has 3 amide bonds. The maximum absolute atomic E-state index is 13.1. The van der Waals surface area contributed by atoms with Gasteiger partial charge in [0.15, 0.2) is 11.5 Å². The van der Waals surface area contributed by atoms with E-state index in [4.69, 9.17) is 9.47 Å². The average Bonchev–Trinajstić information content (AvgIpc) is 3.06. The van der Waals surface area contributed by atoms with Gasteiger partial charge in [0, 0.05) is 0 Å². The summed E-state index contributed by atoms with van der Waals surface area (Å²) in [4.78, 5) is 26.5. The summed E-state index contributed by atoms with van der Waals surface area (Å²) < 4.78 is 25.3. The fourth-order valence-electron chi connectivity index (χ4n) is 3.57. The van der Waals surface area contributed by atoms with E-state index in [1.165, 1.54) is 24.1 Å². The third kappa shape index (κ3) is 5.39. The number of nitrogens with zero attached hydrogens (tertiary/aromatic N) is 1. The van der Waals surface area contributed by atoms with Gasteiger partial charge in [-0.15, -0.1) is 0 Å². The van der Waals surface area contributed by atoms with Gasteiger partial charge in [-0.05, 0) is 76.5 Å². The summed E-state index contributed by atoms with van der Waals surface area (Å²) >= 11 is 2.12. The summed E-state index contributed by atoms with van der Waals surface area (Å²) in [6.45, 7) is 2.40. The third-order valence-electron chi connectivity index (χ3n) is 5.24. The van der Waals surface area contributed by atoms with E-state index in [-0.39, 0.29) is 24.7 Å². The van der Waals surface area contributed by atoms with E-state index in [1.807, 2.05) is 37.3 Å². The minimum Gasteiger partial charge on any atom is -0.493 e. The molecule has 3 aromatic rings. The molecule has 0 saturated carbocycles. The molecule has 1 N–H and O–H groups in total. The van der Waals surface area contributed by atoms with Gasteiger partial charge < -0.3 is 14.8 Å². The van der Waals surface area contributed by atoms with E-state index in [0.717, 1.165) is 20.3 Å². The van der Waals surface area contributed by atoms with Crippen LogP contribution in [0, 0.1) is 16.3 Å². The molecule has 3 aromatic carbocycles. The monoisotopic (exact) mass is 572 g/mol. The number of hydrogen-bond acceptors (Lipinski definition) is 4. The van der Waals surface area contributed by atoms with Crippen LogP contribution in [-0.4, -0.2) is 23.9 Å². The van der Waals surface area contributed by atoms with Gasteiger partial charge in [0.2, 0.25) is 0 Å². The highest BCUT2D eigenvalue weighted by Gasteiger charge is 2.33. The van der Waals surface area contributed by atoms with Gasteiger partial charge in [-0.3, -0.25) is 9.69 Å². The van der Waals surface area contributed by atoms with Crippen LogP contribution in [0.4, 0.5) is 9.18 Å². The second kappa shape index (κ2) is 10.3. The molecule has 0 atom stereocenters. The molecule has 0 unspecified atom stereocenters. The number of carbonyl (C=O) groups excluding carboxylic acids is 2. The number of benzene rings is 3. The number of aryl methyl sites for hydroxylation is 1. The summed E-state index contributed by atoms with van der Waals surface area (Å²) in [6, 6.07) is 16.9. The fraction of sp³-hybridized carbons (Fsp3) is 0.154. The Kier molecular flexibility index (Phi) is 7.16. The maximum Gasteiger partial charge on any atom is 0.329 e. The molecular formula is C26H22FIN2O4. The number of methoxy groups -OCH3 is 1. The van der Waals surface area contributed by atoms with Crippen molar-refractivity contribution in [3.63, 3.8) is 0 Å². The Morgan fingerprint density at radius 3 is 2.53 bits per heavy atom. The first-order valence-corrected chi connectivity index (χ1v) is 11.6. The fourth-order valence-corrected chi connectivity index (χ4v) is 4.36. The largest absolute Gasteiger partial charge is 0.493 e. The van der Waals surface area contributed by atoms with Crippen molar-refractivity contribution in [2.45, 2.75) is 20.1 Å². The van der Waals surface area contributed by atoms with Crippen molar-refractivity contribution in [3.8, 4) is 11.5 Å². The number of rotatable bonds is 7. The Labute approximate surface area is 210 Å². The zero-order valence-corrected chi connectivity index (χ0v) is 20.8. The zero-order valence-electron chi connectivity index (χ0n) is 18.6. The summed E-state index contributed by atoms with van der Waals surface area (Å²) in [7, 11) is 1.53. The molecule has 1 aliphatic rings. The number of carbonyl (C=O) groups is 2. The minimum atomic E-state index is -0.460. The van der Waals surface area contributed by atoms with Gasteiger partial charge >= 0.3 is 6.03 Å². The zero-order chi connectivity index (χ0) is 24.2. The Balaban J connectivity index is 1.53. The molecule has 34 heavy (non-hydrogen) atoms. The number of hydrogen-bond donors (Lipinski definition) is 1. The average molecular weight is 572 g/mol. The molecule has 0 radical (unpaired) electrons. The van der Waals surface area contributed by atoms with Crippen molar-refractivity contribution < 1.29 is 23.5 Å². The number of nitrogens with one attached hydrogen (secondary N) is 1. The number of amides is 3. The van der Waals surface area contributed by atoms with E-state index in [1.54, 1.807) is 24.3 Å². The van der Waals surface area contributed by atoms with Gasteiger partial charge in [-0.25, -0.2) is 9.18 Å². The van der Waals surface area contributed by atoms with Gasteiger partial charge in [0.05, 0.1) is 17.2 Å². The lowest BCUT2D eigenvalue weighted by molar-refractivity contribution is -0.123. The highest BCUT2D eigenvalue weighted by atomic mass is 127. The van der Waals surface area contributed by atoms with Gasteiger partial charge in [0.1, 0.15) is 18.1 Å². The lowest BCUT2D eigenvalue weighted by Gasteiger charge is -2.14. The van der Waals surface area contributed by atoms with Crippen LogP contribution < -0.4 is 14.8 Å². The van der Waals surface area contributed by atoms with E-state index in [2.05, 4.69) is 27.9 Å². The second-order valence-corrected chi connectivity index (χ2v) is 8.98. The molecule has 8 heteroatoms. The molecule has 0 aromatic heterocycles. The van der Waals surface area contributed by atoms with Crippen LogP contribution in [0.3, 0.4) is 0 Å². The first kappa shape index (κ1) is 23.7. The summed E-state index contributed by atoms with van der Waals surface area (Å²) in [5.74, 6) is 0.322. The van der Waals surface area contributed by atoms with Crippen LogP contribution >= 0.6 is 22.6 Å². The molecular weight excluding hydrogens is 550 g/mol. The standard InChI is InChI=1S/C26H22FIN2O4/c1-16-4-3-5-18(10-16)14-30-25(31)22(29-26(30)32)12-19-11-21(28)24(23(13-19)33-2)34-15-17-6-8-20(27)9-7-17/h3-13H,14-15H2,1-2H3,(H,29,32)/b22-12+. The van der Waals surface area contributed by atoms with Gasteiger partial charge in [0.25, 0.3) is 5.91 Å². The highest BCUT2D eigenvalue weighted by Crippen LogP contribution is 2.35. The topological polar surface area (TPSA) is 67.9 Å². The number of imide groups is 1. The van der Waals surface area contributed by atoms with E-state index >= 15 is 0 Å². The van der Waals surface area contributed by atoms with Crippen LogP contribution in [0.5, 0.6) is 11.5 Å². The van der Waals surface area contributed by atoms with E-state index in [0.29, 0.717) is 17.1 Å². The van der Waals surface area contributed by atoms with E-state index in [9.17, 15) is 14.0 Å². The summed E-state index contributed by atoms with van der Waals surface area (Å²) in [6.07, 6.45) is 1.62. The normalized spacial score (nSPS) is 14.5. The van der Waals surface area contributed by atoms with Crippen molar-refractivity contribution in [1.82, 2.24) is 10.2 Å². The van der Waals surface area contributed by atoms with Crippen LogP contribution in [-0.2, 0) is 17.9 Å². The van der Waals surface area contributed by atoms with Gasteiger partial charge in [-0.2, -0.15) is 0 Å². The number of urea groups is 1. The van der Waals surface area contributed by atoms with Crippen molar-refractivity contribution in [3.05, 3.63) is 98.0 Å². The molecule has 1 aliphatic heterocycles. The lowest BCUT2D eigenvalue weighted by atomic mass is 10.1. The Morgan fingerprint density at radius 1 is 1.06 bits per heavy atom. The molecule has 1 saturated heterocycles. The lowest BCUT2D eigenvalue weighted by Crippen LogP contribution is -2.30. The van der Waals surface area contributed by atoms with Crippen LogP contribution in [0.15, 0.2) is 66.4 Å². The van der Waals surface area contributed by atoms with Crippen molar-refractivity contribution in [1.29, 1.82) is 0 Å². The van der Waals surface area contributed by atoms with Crippen molar-refractivity contribution in [2.24, 2.45) is 0 Å². The minimum absolute atomic E-state index is 0.190. The van der Waals surface area contributed by atoms with Crippen molar-refractivity contribution >= 4 is 40.6 Å². The molecule has 174 valence electrons. The molecule has 0 bridgehead atoms. The Bertz CT molecular complexity index is 1270. The molecule has 0 spiro atoms. The summed E-state index contributed by atoms with van der Waals surface area (Å²) in [5.41, 5.74) is 3.62. The van der Waals surface area contributed by atoms with Crippen LogP contribution in [0.25, 0.3) is 6.08 Å². The van der Waals surface area contributed by atoms with Crippen LogP contribution in [0.1, 0.15) is 22.3 Å². The predicted octanol–water partition coefficient (Wildman–Crippen LogP) is 5.42. The molecule has 1 fully saturated rings. The highest BCUT2D eigenvalue weighted by molar-refractivity contribution is 14.1. The number of ether oxygens (including phenoxy) is 2. The van der Waals surface area contributed by atoms with Gasteiger partial charge in [-0.1, -0.05) is 42.0 Å². The molecule has 1 heterocycles. The first-order chi connectivity index (χ1) is 16.3. The smallest absolute Gasteiger partial charge is 0.329 e. The SMILES string of the molecule is COc1cc(/C=C2/NC(=O)N(Cc3cccc(C)c3)C2=O)cc(I)c1OCc1ccc(F)cc1. The first-order valence-electron chi connectivity index (χ1n) is 10.5. The Hall–Kier alpha value is -3.40. The van der Waals surface area contributed by atoms with Crippen molar-refractivity contribution in [2.75, 3.05) is 7.11 Å². The summed E-state index contributed by atoms with van der Waals surface area (Å²) in [5, 5.41) is 2.65. The molecule has 0 aliphatic carbocycles. The Morgan fingerprint density at radius 2 is 1.82 bits per heavy atom. The maximum atomic E-state index is 13.1. The van der Waals surface area contributed by atoms with E-state index < -0.39 is 11.9 Å². The molecule has 6 nitrogen and oxygen atoms in total. The molecule has 4 rings (SSSR count). The van der Waals surface area contributed by atoms with Crippen LogP contribution in [0.2, 0.25) is 0 Å². The second-order valence-electron chi connectivity index (χ2n) is 7.82. The predicted molar refractivity (Wildman–Crippen MR) is 135 cm³/mol. The third-order valence-corrected chi connectivity index (χ3v) is 6.05. The number of halogens is 2.